The Morgan fingerprint density at radius 1 is 1.15 bits per heavy atom. The van der Waals surface area contributed by atoms with E-state index in [1.165, 1.54) is 36.4 Å². The number of fused-ring (bicyclic) bond motifs is 1. The van der Waals surface area contributed by atoms with Crippen LogP contribution in [-0.4, -0.2) is 20.8 Å². The molecule has 11 heteroatoms. The molecule has 1 heterocycles. The van der Waals surface area contributed by atoms with Gasteiger partial charge >= 0.3 is 11.4 Å². The van der Waals surface area contributed by atoms with E-state index in [-0.39, 0.29) is 28.3 Å². The maximum atomic E-state index is 13.1. The summed E-state index contributed by atoms with van der Waals surface area (Å²) in [6.45, 7) is -0.111. The van der Waals surface area contributed by atoms with Crippen molar-refractivity contribution < 1.29 is 14.1 Å². The number of hydrogen-bond donors (Lipinski definition) is 1. The molecule has 0 aliphatic rings. The van der Waals surface area contributed by atoms with Gasteiger partial charge in [-0.05, 0) is 35.9 Å². The molecule has 1 N–H and O–H groups in total. The van der Waals surface area contributed by atoms with Crippen molar-refractivity contribution in [1.82, 2.24) is 9.66 Å². The van der Waals surface area contributed by atoms with Crippen LogP contribution in [0.4, 0.5) is 10.1 Å². The highest BCUT2D eigenvalue weighted by Crippen LogP contribution is 2.34. The first-order valence-corrected chi connectivity index (χ1v) is 9.85. The number of aromatic amines is 1. The summed E-state index contributed by atoms with van der Waals surface area (Å²) in [7, 11) is 0. The molecule has 0 fully saturated rings. The number of nitrogens with one attached hydrogen (secondary N) is 1. The summed E-state index contributed by atoms with van der Waals surface area (Å²) in [6, 6.07) is 14.3. The number of para-hydroxylation sites is 1. The summed E-state index contributed by atoms with van der Waals surface area (Å²) in [5.41, 5.74) is -0.927. The number of halogens is 2. The van der Waals surface area contributed by atoms with E-state index in [1.54, 1.807) is 18.2 Å². The zero-order chi connectivity index (χ0) is 23.5. The number of aromatic nitrogens is 2. The predicted octanol–water partition coefficient (Wildman–Crippen LogP) is 3.85. The summed E-state index contributed by atoms with van der Waals surface area (Å²) < 4.78 is 19.4. The van der Waals surface area contributed by atoms with Gasteiger partial charge in [0.1, 0.15) is 12.4 Å². The number of nitro groups is 1. The van der Waals surface area contributed by atoms with Crippen molar-refractivity contribution in [3.05, 3.63) is 114 Å². The van der Waals surface area contributed by atoms with Gasteiger partial charge in [0.25, 0.3) is 5.56 Å². The molecule has 0 spiro atoms. The predicted molar refractivity (Wildman–Crippen MR) is 121 cm³/mol. The zero-order valence-electron chi connectivity index (χ0n) is 16.7. The maximum Gasteiger partial charge on any atom is 0.349 e. The Hall–Kier alpha value is -4.31. The van der Waals surface area contributed by atoms with Crippen LogP contribution in [0.25, 0.3) is 10.9 Å². The summed E-state index contributed by atoms with van der Waals surface area (Å²) in [4.78, 5) is 38.4. The van der Waals surface area contributed by atoms with Gasteiger partial charge in [-0.25, -0.2) is 9.18 Å². The standard InChI is InChI=1S/C22H14ClFN4O5/c23-15-9-14(11-25-27-21(29)17-3-1-2-4-18(17)26-22(27)30)20(19(10-15)28(31)32)33-12-13-5-7-16(24)8-6-13/h1-11H,12H2,(H,26,30). The van der Waals surface area contributed by atoms with Crippen LogP contribution in [0.2, 0.25) is 5.02 Å². The van der Waals surface area contributed by atoms with E-state index in [4.69, 9.17) is 16.3 Å². The molecule has 0 saturated heterocycles. The molecule has 1 aromatic heterocycles. The largest absolute Gasteiger partial charge is 0.481 e. The molecular weight excluding hydrogens is 455 g/mol. The minimum absolute atomic E-state index is 0.0250. The number of ether oxygens (including phenoxy) is 1. The second kappa shape index (κ2) is 9.05. The van der Waals surface area contributed by atoms with Gasteiger partial charge in [-0.3, -0.25) is 14.9 Å². The second-order valence-corrected chi connectivity index (χ2v) is 7.29. The molecule has 0 atom stereocenters. The van der Waals surface area contributed by atoms with Crippen molar-refractivity contribution in [2.24, 2.45) is 5.10 Å². The van der Waals surface area contributed by atoms with Crippen LogP contribution < -0.4 is 16.0 Å². The Bertz CT molecular complexity index is 1510. The summed E-state index contributed by atoms with van der Waals surface area (Å²) in [5.74, 6) is -0.613. The van der Waals surface area contributed by atoms with Crippen molar-refractivity contribution in [1.29, 1.82) is 0 Å². The molecule has 33 heavy (non-hydrogen) atoms. The van der Waals surface area contributed by atoms with Gasteiger partial charge in [0.2, 0.25) is 5.75 Å². The topological polar surface area (TPSA) is 120 Å². The maximum absolute atomic E-state index is 13.1. The van der Waals surface area contributed by atoms with Gasteiger partial charge in [0, 0.05) is 16.7 Å². The zero-order valence-corrected chi connectivity index (χ0v) is 17.5. The number of H-pyrrole nitrogens is 1. The monoisotopic (exact) mass is 468 g/mol. The molecular formula is C22H14ClFN4O5. The van der Waals surface area contributed by atoms with Crippen molar-refractivity contribution >= 4 is 34.4 Å². The lowest BCUT2D eigenvalue weighted by molar-refractivity contribution is -0.385. The number of nitrogens with zero attached hydrogens (tertiary/aromatic N) is 3. The molecule has 166 valence electrons. The molecule has 0 aliphatic carbocycles. The fourth-order valence-corrected chi connectivity index (χ4v) is 3.32. The van der Waals surface area contributed by atoms with Crippen LogP contribution in [-0.2, 0) is 6.61 Å². The Morgan fingerprint density at radius 3 is 2.61 bits per heavy atom. The van der Waals surface area contributed by atoms with E-state index >= 15 is 0 Å². The van der Waals surface area contributed by atoms with Crippen molar-refractivity contribution in [2.45, 2.75) is 6.61 Å². The first kappa shape index (κ1) is 21.9. The number of rotatable bonds is 6. The first-order chi connectivity index (χ1) is 15.8. The van der Waals surface area contributed by atoms with Gasteiger partial charge in [-0.2, -0.15) is 5.10 Å². The Kier molecular flexibility index (Phi) is 6.01. The van der Waals surface area contributed by atoms with E-state index in [1.807, 2.05) is 0 Å². The second-order valence-electron chi connectivity index (χ2n) is 6.85. The van der Waals surface area contributed by atoms with Crippen LogP contribution >= 0.6 is 11.6 Å². The fraction of sp³-hybridized carbons (Fsp3) is 0.0455. The minimum Gasteiger partial charge on any atom is -0.481 e. The van der Waals surface area contributed by atoms with E-state index in [2.05, 4.69) is 10.1 Å². The third-order valence-electron chi connectivity index (χ3n) is 4.65. The third kappa shape index (κ3) is 4.65. The molecule has 0 saturated carbocycles. The fourth-order valence-electron chi connectivity index (χ4n) is 3.10. The van der Waals surface area contributed by atoms with Gasteiger partial charge in [0.05, 0.1) is 22.0 Å². The Labute approximate surface area is 189 Å². The quantitative estimate of drug-likeness (QED) is 0.262. The van der Waals surface area contributed by atoms with E-state index in [9.17, 15) is 24.1 Å². The van der Waals surface area contributed by atoms with Crippen LogP contribution in [0.1, 0.15) is 11.1 Å². The smallest absolute Gasteiger partial charge is 0.349 e. The molecule has 3 aromatic carbocycles. The molecule has 0 unspecified atom stereocenters. The van der Waals surface area contributed by atoms with Gasteiger partial charge in [0.15, 0.2) is 0 Å². The number of nitro benzene ring substituents is 1. The average Bonchev–Trinajstić information content (AvgIpc) is 2.79. The lowest BCUT2D eigenvalue weighted by Gasteiger charge is -2.10. The average molecular weight is 469 g/mol. The third-order valence-corrected chi connectivity index (χ3v) is 4.87. The summed E-state index contributed by atoms with van der Waals surface area (Å²) in [6.07, 6.45) is 1.07. The van der Waals surface area contributed by atoms with Crippen LogP contribution in [0.5, 0.6) is 5.75 Å². The van der Waals surface area contributed by atoms with Gasteiger partial charge in [-0.1, -0.05) is 35.9 Å². The molecule has 4 rings (SSSR count). The summed E-state index contributed by atoms with van der Waals surface area (Å²) >= 11 is 6.02. The van der Waals surface area contributed by atoms with Crippen LogP contribution in [0.3, 0.4) is 0 Å². The Morgan fingerprint density at radius 2 is 1.88 bits per heavy atom. The lowest BCUT2D eigenvalue weighted by Crippen LogP contribution is -2.32. The minimum atomic E-state index is -0.791. The Balaban J connectivity index is 1.77. The molecule has 0 radical (unpaired) electrons. The highest BCUT2D eigenvalue weighted by Gasteiger charge is 2.21. The number of benzene rings is 3. The van der Waals surface area contributed by atoms with Gasteiger partial charge in [-0.15, -0.1) is 4.68 Å². The van der Waals surface area contributed by atoms with Crippen LogP contribution in [0.15, 0.2) is 75.4 Å². The molecule has 9 nitrogen and oxygen atoms in total. The normalized spacial score (nSPS) is 11.2. The SMILES string of the molecule is O=c1[nH]c2ccccc2c(=O)n1N=Cc1cc(Cl)cc([N+](=O)[O-])c1OCc1ccc(F)cc1. The molecule has 0 amide bonds. The van der Waals surface area contributed by atoms with Gasteiger partial charge < -0.3 is 9.72 Å². The van der Waals surface area contributed by atoms with Crippen molar-refractivity contribution in [3.8, 4) is 5.75 Å². The van der Waals surface area contributed by atoms with E-state index in [0.717, 1.165) is 12.3 Å². The number of hydrogen-bond acceptors (Lipinski definition) is 6. The molecule has 0 bridgehead atoms. The molecule has 0 aliphatic heterocycles. The van der Waals surface area contributed by atoms with E-state index < -0.39 is 27.7 Å². The summed E-state index contributed by atoms with van der Waals surface area (Å²) in [5, 5.41) is 15.8. The van der Waals surface area contributed by atoms with Crippen molar-refractivity contribution in [2.75, 3.05) is 0 Å². The van der Waals surface area contributed by atoms with Crippen molar-refractivity contribution in [3.63, 3.8) is 0 Å². The molecule has 4 aromatic rings. The first-order valence-electron chi connectivity index (χ1n) is 9.47. The lowest BCUT2D eigenvalue weighted by atomic mass is 10.2. The highest BCUT2D eigenvalue weighted by molar-refractivity contribution is 6.31. The van der Waals surface area contributed by atoms with Crippen LogP contribution in [0, 0.1) is 15.9 Å². The van der Waals surface area contributed by atoms with E-state index in [0.29, 0.717) is 15.8 Å². The highest BCUT2D eigenvalue weighted by atomic mass is 35.5.